The molecule has 0 saturated heterocycles. The number of carbonyl (C=O) groups excluding carboxylic acids is 1. The number of anilines is 3. The van der Waals surface area contributed by atoms with Crippen LogP contribution in [0.2, 0.25) is 0 Å². The Morgan fingerprint density at radius 2 is 1.61 bits per heavy atom. The van der Waals surface area contributed by atoms with Crippen LogP contribution in [0, 0.1) is 18.6 Å². The summed E-state index contributed by atoms with van der Waals surface area (Å²) in [6, 6.07) is 19.2. The van der Waals surface area contributed by atoms with E-state index in [1.807, 2.05) is 31.2 Å². The van der Waals surface area contributed by atoms with E-state index in [1.165, 1.54) is 0 Å². The van der Waals surface area contributed by atoms with Gasteiger partial charge in [-0.05, 0) is 43.3 Å². The van der Waals surface area contributed by atoms with Crippen LogP contribution in [0.15, 0.2) is 79.0 Å². The number of hydrogen-bond acceptors (Lipinski definition) is 4. The molecule has 0 bridgehead atoms. The van der Waals surface area contributed by atoms with E-state index in [9.17, 15) is 13.6 Å². The lowest BCUT2D eigenvalue weighted by molar-refractivity contribution is 0.102. The van der Waals surface area contributed by atoms with Crippen molar-refractivity contribution in [1.82, 2.24) is 9.97 Å². The summed E-state index contributed by atoms with van der Waals surface area (Å²) in [5.74, 6) is -0.878. The molecule has 2 N–H and O–H groups in total. The summed E-state index contributed by atoms with van der Waals surface area (Å²) in [5.41, 5.74) is 3.03. The Bertz CT molecular complexity index is 1220. The molecular weight excluding hydrogens is 398 g/mol. The van der Waals surface area contributed by atoms with E-state index < -0.39 is 17.5 Å². The Kier molecular flexibility index (Phi) is 5.66. The van der Waals surface area contributed by atoms with Crippen molar-refractivity contribution in [2.24, 2.45) is 0 Å². The van der Waals surface area contributed by atoms with E-state index in [4.69, 9.17) is 0 Å². The van der Waals surface area contributed by atoms with E-state index >= 15 is 0 Å². The molecule has 0 aliphatic rings. The standard InChI is InChI=1S/C24H18F2N4O/c1-15-5-7-16(8-6-15)23-27-10-9-22(30-23)28-20-4-2-3-17(11-20)24(31)29-21-13-18(25)12-19(26)14-21/h2-14H,1H3,(H,29,31)(H,27,28,30). The molecule has 4 rings (SSSR count). The van der Waals surface area contributed by atoms with Gasteiger partial charge in [0.15, 0.2) is 5.82 Å². The van der Waals surface area contributed by atoms with Crippen molar-refractivity contribution in [2.75, 3.05) is 10.6 Å². The fraction of sp³-hybridized carbons (Fsp3) is 0.0417. The Morgan fingerprint density at radius 3 is 2.35 bits per heavy atom. The van der Waals surface area contributed by atoms with Crippen LogP contribution >= 0.6 is 0 Å². The van der Waals surface area contributed by atoms with Crippen LogP contribution in [0.1, 0.15) is 15.9 Å². The minimum Gasteiger partial charge on any atom is -0.340 e. The van der Waals surface area contributed by atoms with Crippen molar-refractivity contribution < 1.29 is 13.6 Å². The van der Waals surface area contributed by atoms with Gasteiger partial charge in [0.1, 0.15) is 17.5 Å². The molecule has 0 aliphatic heterocycles. The highest BCUT2D eigenvalue weighted by molar-refractivity contribution is 6.04. The van der Waals surface area contributed by atoms with Gasteiger partial charge in [-0.1, -0.05) is 35.9 Å². The molecule has 154 valence electrons. The number of aromatic nitrogens is 2. The first kappa shape index (κ1) is 20.2. The summed E-state index contributed by atoms with van der Waals surface area (Å²) >= 11 is 0. The summed E-state index contributed by atoms with van der Waals surface area (Å²) in [6.07, 6.45) is 1.65. The lowest BCUT2D eigenvalue weighted by atomic mass is 10.1. The zero-order valence-corrected chi connectivity index (χ0v) is 16.6. The third kappa shape index (κ3) is 5.08. The molecule has 1 aromatic heterocycles. The van der Waals surface area contributed by atoms with E-state index in [-0.39, 0.29) is 5.69 Å². The molecule has 0 fully saturated rings. The summed E-state index contributed by atoms with van der Waals surface area (Å²) in [5, 5.41) is 5.65. The predicted octanol–water partition coefficient (Wildman–Crippen LogP) is 5.73. The summed E-state index contributed by atoms with van der Waals surface area (Å²) in [7, 11) is 0. The summed E-state index contributed by atoms with van der Waals surface area (Å²) in [6.45, 7) is 2.01. The Labute approximate surface area is 177 Å². The Hall–Kier alpha value is -4.13. The summed E-state index contributed by atoms with van der Waals surface area (Å²) in [4.78, 5) is 21.3. The molecule has 0 atom stereocenters. The second kappa shape index (κ2) is 8.71. The first-order valence-electron chi connectivity index (χ1n) is 9.51. The van der Waals surface area contributed by atoms with Crippen molar-refractivity contribution in [3.8, 4) is 11.4 Å². The van der Waals surface area contributed by atoms with Gasteiger partial charge in [-0.2, -0.15) is 0 Å². The average Bonchev–Trinajstić information content (AvgIpc) is 2.74. The second-order valence-electron chi connectivity index (χ2n) is 6.95. The van der Waals surface area contributed by atoms with Crippen molar-refractivity contribution >= 4 is 23.1 Å². The molecule has 4 aromatic rings. The topological polar surface area (TPSA) is 66.9 Å². The number of nitrogens with one attached hydrogen (secondary N) is 2. The maximum absolute atomic E-state index is 13.3. The van der Waals surface area contributed by atoms with Crippen LogP contribution < -0.4 is 10.6 Å². The van der Waals surface area contributed by atoms with Gasteiger partial charge in [-0.3, -0.25) is 4.79 Å². The number of carbonyl (C=O) groups is 1. The van der Waals surface area contributed by atoms with E-state index in [0.717, 1.165) is 29.3 Å². The van der Waals surface area contributed by atoms with Crippen molar-refractivity contribution in [3.05, 3.63) is 102 Å². The first-order valence-corrected chi connectivity index (χ1v) is 9.51. The van der Waals surface area contributed by atoms with Crippen molar-refractivity contribution in [2.45, 2.75) is 6.92 Å². The molecule has 0 unspecified atom stereocenters. The Balaban J connectivity index is 1.51. The summed E-state index contributed by atoms with van der Waals surface area (Å²) < 4.78 is 26.7. The van der Waals surface area contributed by atoms with Crippen LogP contribution in [0.25, 0.3) is 11.4 Å². The van der Waals surface area contributed by atoms with Gasteiger partial charge in [-0.25, -0.2) is 18.7 Å². The van der Waals surface area contributed by atoms with Gasteiger partial charge < -0.3 is 10.6 Å². The SMILES string of the molecule is Cc1ccc(-c2nccc(Nc3cccc(C(=O)Nc4cc(F)cc(F)c4)c3)n2)cc1. The van der Waals surface area contributed by atoms with Crippen molar-refractivity contribution in [3.63, 3.8) is 0 Å². The molecule has 7 heteroatoms. The van der Waals surface area contributed by atoms with E-state index in [0.29, 0.717) is 22.9 Å². The molecule has 3 aromatic carbocycles. The van der Waals surface area contributed by atoms with E-state index in [2.05, 4.69) is 20.6 Å². The molecule has 1 amide bonds. The second-order valence-corrected chi connectivity index (χ2v) is 6.95. The first-order chi connectivity index (χ1) is 15.0. The smallest absolute Gasteiger partial charge is 0.255 e. The van der Waals surface area contributed by atoms with Gasteiger partial charge in [0.05, 0.1) is 0 Å². The minimum atomic E-state index is -0.765. The maximum Gasteiger partial charge on any atom is 0.255 e. The normalized spacial score (nSPS) is 10.5. The van der Waals surface area contributed by atoms with Crippen LogP contribution in [-0.2, 0) is 0 Å². The van der Waals surface area contributed by atoms with Crippen molar-refractivity contribution in [1.29, 1.82) is 0 Å². The van der Waals surface area contributed by atoms with Crippen LogP contribution in [0.3, 0.4) is 0 Å². The molecule has 0 radical (unpaired) electrons. The number of aryl methyl sites for hydroxylation is 1. The number of hydrogen-bond donors (Lipinski definition) is 2. The fourth-order valence-corrected chi connectivity index (χ4v) is 2.99. The minimum absolute atomic E-state index is 0.0411. The zero-order valence-electron chi connectivity index (χ0n) is 16.6. The van der Waals surface area contributed by atoms with Gasteiger partial charge >= 0.3 is 0 Å². The number of halogens is 2. The van der Waals surface area contributed by atoms with E-state index in [1.54, 1.807) is 36.5 Å². The highest BCUT2D eigenvalue weighted by Crippen LogP contribution is 2.21. The number of amides is 1. The molecule has 0 aliphatic carbocycles. The zero-order chi connectivity index (χ0) is 21.8. The monoisotopic (exact) mass is 416 g/mol. The van der Waals surface area contributed by atoms with Gasteiger partial charge in [-0.15, -0.1) is 0 Å². The number of nitrogens with zero attached hydrogens (tertiary/aromatic N) is 2. The van der Waals surface area contributed by atoms with Gasteiger partial charge in [0, 0.05) is 34.8 Å². The molecule has 0 saturated carbocycles. The third-order valence-electron chi connectivity index (χ3n) is 4.48. The quantitative estimate of drug-likeness (QED) is 0.436. The molecule has 1 heterocycles. The lowest BCUT2D eigenvalue weighted by Crippen LogP contribution is -2.12. The Morgan fingerprint density at radius 1 is 0.871 bits per heavy atom. The molecule has 5 nitrogen and oxygen atoms in total. The predicted molar refractivity (Wildman–Crippen MR) is 116 cm³/mol. The van der Waals surface area contributed by atoms with Crippen LogP contribution in [-0.4, -0.2) is 15.9 Å². The number of benzene rings is 3. The maximum atomic E-state index is 13.3. The number of rotatable bonds is 5. The van der Waals surface area contributed by atoms with Gasteiger partial charge in [0.25, 0.3) is 5.91 Å². The van der Waals surface area contributed by atoms with Crippen LogP contribution in [0.5, 0.6) is 0 Å². The average molecular weight is 416 g/mol. The highest BCUT2D eigenvalue weighted by atomic mass is 19.1. The fourth-order valence-electron chi connectivity index (χ4n) is 2.99. The third-order valence-corrected chi connectivity index (χ3v) is 4.48. The molecule has 0 spiro atoms. The molecular formula is C24H18F2N4O. The van der Waals surface area contributed by atoms with Crippen LogP contribution in [0.4, 0.5) is 26.0 Å². The molecule has 31 heavy (non-hydrogen) atoms. The highest BCUT2D eigenvalue weighted by Gasteiger charge is 2.10. The lowest BCUT2D eigenvalue weighted by Gasteiger charge is -2.10. The largest absolute Gasteiger partial charge is 0.340 e. The van der Waals surface area contributed by atoms with Gasteiger partial charge in [0.2, 0.25) is 0 Å².